The molecule has 2 amide bonds. The van der Waals surface area contributed by atoms with Crippen molar-refractivity contribution in [2.75, 3.05) is 32.8 Å². The van der Waals surface area contributed by atoms with Crippen molar-refractivity contribution < 1.29 is 14.3 Å². The van der Waals surface area contributed by atoms with Gasteiger partial charge in [0.05, 0.1) is 13.2 Å². The molecule has 2 aliphatic rings. The van der Waals surface area contributed by atoms with Gasteiger partial charge in [-0.15, -0.1) is 0 Å². The lowest BCUT2D eigenvalue weighted by molar-refractivity contribution is -0.142. The van der Waals surface area contributed by atoms with Gasteiger partial charge in [-0.1, -0.05) is 54.6 Å². The monoisotopic (exact) mass is 421 g/mol. The van der Waals surface area contributed by atoms with Crippen molar-refractivity contribution in [2.24, 2.45) is 0 Å². The first-order chi connectivity index (χ1) is 15.2. The second-order valence-electron chi connectivity index (χ2n) is 8.23. The zero-order valence-electron chi connectivity index (χ0n) is 18.0. The number of benzene rings is 2. The van der Waals surface area contributed by atoms with Crippen LogP contribution in [0.4, 0.5) is 0 Å². The number of rotatable bonds is 7. The first-order valence-electron chi connectivity index (χ1n) is 11.2. The summed E-state index contributed by atoms with van der Waals surface area (Å²) in [7, 11) is 0. The molecule has 0 radical (unpaired) electrons. The van der Waals surface area contributed by atoms with Gasteiger partial charge in [-0.25, -0.2) is 0 Å². The molecule has 2 heterocycles. The summed E-state index contributed by atoms with van der Waals surface area (Å²) in [5, 5.41) is 3.12. The summed E-state index contributed by atoms with van der Waals surface area (Å²) in [5.41, 5.74) is 3.19. The summed E-state index contributed by atoms with van der Waals surface area (Å²) < 4.78 is 5.45. The number of morpholine rings is 1. The number of hydrogen-bond donors (Lipinski definition) is 1. The average molecular weight is 422 g/mol. The molecule has 0 saturated carbocycles. The maximum atomic E-state index is 13.3. The van der Waals surface area contributed by atoms with Crippen LogP contribution >= 0.6 is 0 Å². The predicted octanol–water partition coefficient (Wildman–Crippen LogP) is 2.89. The first kappa shape index (κ1) is 21.5. The van der Waals surface area contributed by atoms with E-state index in [9.17, 15) is 9.59 Å². The maximum absolute atomic E-state index is 13.3. The van der Waals surface area contributed by atoms with E-state index in [4.69, 9.17) is 4.74 Å². The summed E-state index contributed by atoms with van der Waals surface area (Å²) in [4.78, 5) is 30.0. The van der Waals surface area contributed by atoms with Gasteiger partial charge in [0.15, 0.2) is 0 Å². The van der Waals surface area contributed by atoms with Crippen molar-refractivity contribution in [2.45, 2.75) is 38.4 Å². The standard InChI is InChI=1S/C25H31N3O3/c29-23-12-6-7-13-28(23)24(20-8-2-1-3-9-20)25(30)26-18-21-10-4-5-11-22(21)19-27-14-16-31-17-15-27/h1-5,8-11,24H,6-7,12-19H2,(H,26,30). The third-order valence-corrected chi connectivity index (χ3v) is 6.10. The number of ether oxygens (including phenoxy) is 1. The Bertz CT molecular complexity index is 881. The molecule has 6 heteroatoms. The van der Waals surface area contributed by atoms with Gasteiger partial charge in [0.1, 0.15) is 6.04 Å². The van der Waals surface area contributed by atoms with E-state index in [2.05, 4.69) is 22.3 Å². The Kier molecular flexibility index (Phi) is 7.33. The number of piperidine rings is 1. The van der Waals surface area contributed by atoms with Crippen LogP contribution in [0.3, 0.4) is 0 Å². The highest BCUT2D eigenvalue weighted by Gasteiger charge is 2.32. The van der Waals surface area contributed by atoms with Gasteiger partial charge >= 0.3 is 0 Å². The van der Waals surface area contributed by atoms with Crippen LogP contribution in [0.2, 0.25) is 0 Å². The molecule has 2 aromatic carbocycles. The normalized spacial score (nSPS) is 18.6. The predicted molar refractivity (Wildman–Crippen MR) is 119 cm³/mol. The molecule has 0 aliphatic carbocycles. The van der Waals surface area contributed by atoms with Crippen molar-refractivity contribution in [1.29, 1.82) is 0 Å². The quantitative estimate of drug-likeness (QED) is 0.747. The minimum absolute atomic E-state index is 0.0583. The van der Waals surface area contributed by atoms with Gasteiger partial charge in [-0.3, -0.25) is 14.5 Å². The van der Waals surface area contributed by atoms with Crippen LogP contribution in [-0.2, 0) is 27.4 Å². The number of amides is 2. The number of likely N-dealkylation sites (tertiary alicyclic amines) is 1. The Morgan fingerprint density at radius 3 is 2.39 bits per heavy atom. The second kappa shape index (κ2) is 10.6. The molecule has 4 rings (SSSR count). The fourth-order valence-corrected chi connectivity index (χ4v) is 4.37. The van der Waals surface area contributed by atoms with Gasteiger partial charge in [0, 0.05) is 39.1 Å². The summed E-state index contributed by atoms with van der Waals surface area (Å²) in [6.45, 7) is 5.30. The Morgan fingerprint density at radius 2 is 1.65 bits per heavy atom. The number of hydrogen-bond acceptors (Lipinski definition) is 4. The molecule has 2 aromatic rings. The van der Waals surface area contributed by atoms with E-state index in [0.29, 0.717) is 19.5 Å². The molecule has 1 atom stereocenters. The fourth-order valence-electron chi connectivity index (χ4n) is 4.37. The smallest absolute Gasteiger partial charge is 0.247 e. The molecule has 2 aliphatic heterocycles. The third kappa shape index (κ3) is 5.51. The largest absolute Gasteiger partial charge is 0.379 e. The minimum Gasteiger partial charge on any atom is -0.379 e. The molecule has 2 saturated heterocycles. The summed E-state index contributed by atoms with van der Waals surface area (Å²) in [5.74, 6) is -0.0643. The topological polar surface area (TPSA) is 61.9 Å². The van der Waals surface area contributed by atoms with Crippen LogP contribution in [-0.4, -0.2) is 54.5 Å². The highest BCUT2D eigenvalue weighted by Crippen LogP contribution is 2.26. The fraction of sp³-hybridized carbons (Fsp3) is 0.440. The van der Waals surface area contributed by atoms with Crippen molar-refractivity contribution in [1.82, 2.24) is 15.1 Å². The van der Waals surface area contributed by atoms with Gasteiger partial charge in [-0.2, -0.15) is 0 Å². The lowest BCUT2D eigenvalue weighted by Crippen LogP contribution is -2.45. The molecule has 164 valence electrons. The molecule has 1 N–H and O–H groups in total. The molecule has 6 nitrogen and oxygen atoms in total. The number of carbonyl (C=O) groups excluding carboxylic acids is 2. The van der Waals surface area contributed by atoms with Crippen LogP contribution in [0.5, 0.6) is 0 Å². The second-order valence-corrected chi connectivity index (χ2v) is 8.23. The van der Waals surface area contributed by atoms with Crippen molar-refractivity contribution in [3.8, 4) is 0 Å². The SMILES string of the molecule is O=C(NCc1ccccc1CN1CCOCC1)C(c1ccccc1)N1CCCCC1=O. The Labute approximate surface area is 184 Å². The Balaban J connectivity index is 1.47. The van der Waals surface area contributed by atoms with Gasteiger partial charge < -0.3 is 15.0 Å². The number of nitrogens with one attached hydrogen (secondary N) is 1. The van der Waals surface area contributed by atoms with Crippen LogP contribution in [0.1, 0.15) is 42.0 Å². The molecule has 2 fully saturated rings. The molecule has 1 unspecified atom stereocenters. The van der Waals surface area contributed by atoms with Crippen molar-refractivity contribution in [3.05, 3.63) is 71.3 Å². The van der Waals surface area contributed by atoms with Crippen LogP contribution in [0.15, 0.2) is 54.6 Å². The highest BCUT2D eigenvalue weighted by molar-refractivity contribution is 5.89. The van der Waals surface area contributed by atoms with Gasteiger partial charge in [0.2, 0.25) is 11.8 Å². The Morgan fingerprint density at radius 1 is 0.935 bits per heavy atom. The first-order valence-corrected chi connectivity index (χ1v) is 11.2. The zero-order valence-corrected chi connectivity index (χ0v) is 18.0. The van der Waals surface area contributed by atoms with Gasteiger partial charge in [-0.05, 0) is 29.5 Å². The van der Waals surface area contributed by atoms with Crippen LogP contribution in [0.25, 0.3) is 0 Å². The van der Waals surface area contributed by atoms with E-state index in [-0.39, 0.29) is 11.8 Å². The highest BCUT2D eigenvalue weighted by atomic mass is 16.5. The van der Waals surface area contributed by atoms with E-state index in [1.165, 1.54) is 5.56 Å². The van der Waals surface area contributed by atoms with Crippen molar-refractivity contribution in [3.63, 3.8) is 0 Å². The average Bonchev–Trinajstić information content (AvgIpc) is 2.81. The molecule has 0 bridgehead atoms. The molecule has 31 heavy (non-hydrogen) atoms. The lowest BCUT2D eigenvalue weighted by atomic mass is 10.00. The zero-order chi connectivity index (χ0) is 21.5. The summed E-state index contributed by atoms with van der Waals surface area (Å²) in [6.07, 6.45) is 2.34. The molecular weight excluding hydrogens is 390 g/mol. The third-order valence-electron chi connectivity index (χ3n) is 6.10. The van der Waals surface area contributed by atoms with Gasteiger partial charge in [0.25, 0.3) is 0 Å². The van der Waals surface area contributed by atoms with E-state index >= 15 is 0 Å². The van der Waals surface area contributed by atoms with E-state index in [0.717, 1.165) is 56.8 Å². The molecule has 0 spiro atoms. The number of nitrogens with zero attached hydrogens (tertiary/aromatic N) is 2. The summed E-state index contributed by atoms with van der Waals surface area (Å²) >= 11 is 0. The van der Waals surface area contributed by atoms with E-state index in [1.807, 2.05) is 42.5 Å². The molecular formula is C25H31N3O3. The van der Waals surface area contributed by atoms with Crippen molar-refractivity contribution >= 4 is 11.8 Å². The van der Waals surface area contributed by atoms with Crippen LogP contribution in [0, 0.1) is 0 Å². The molecule has 0 aromatic heterocycles. The van der Waals surface area contributed by atoms with E-state index < -0.39 is 6.04 Å². The lowest BCUT2D eigenvalue weighted by Gasteiger charge is -2.34. The van der Waals surface area contributed by atoms with Crippen LogP contribution < -0.4 is 5.32 Å². The summed E-state index contributed by atoms with van der Waals surface area (Å²) in [6, 6.07) is 17.3. The number of carbonyl (C=O) groups is 2. The maximum Gasteiger partial charge on any atom is 0.247 e. The van der Waals surface area contributed by atoms with E-state index in [1.54, 1.807) is 4.90 Å². The minimum atomic E-state index is -0.583. The Hall–Kier alpha value is -2.70.